The number of benzene rings is 3. The van der Waals surface area contributed by atoms with Gasteiger partial charge in [-0.05, 0) is 87.1 Å². The van der Waals surface area contributed by atoms with Gasteiger partial charge in [0.25, 0.3) is 11.8 Å². The topological polar surface area (TPSA) is 66.8 Å². The van der Waals surface area contributed by atoms with Crippen molar-refractivity contribution in [2.75, 3.05) is 39.2 Å². The minimum Gasteiger partial charge on any atom is -0.496 e. The SMILES string of the molecule is COc1ccccc1-c1ccc(C(=O)N2Cc3ccc(C(=O)NCCCN(C)C)n3Cc3ccccc32)cc1C. The van der Waals surface area contributed by atoms with Crippen molar-refractivity contribution in [1.29, 1.82) is 0 Å². The molecule has 0 unspecified atom stereocenters. The molecular weight excluding hydrogens is 500 g/mol. The number of anilines is 1. The first-order chi connectivity index (χ1) is 19.4. The van der Waals surface area contributed by atoms with E-state index in [9.17, 15) is 9.59 Å². The molecule has 5 rings (SSSR count). The van der Waals surface area contributed by atoms with Crippen LogP contribution in [0.1, 0.15) is 44.1 Å². The molecule has 0 fully saturated rings. The van der Waals surface area contributed by atoms with Crippen molar-refractivity contribution < 1.29 is 14.3 Å². The normalized spacial score (nSPS) is 12.5. The van der Waals surface area contributed by atoms with Crippen LogP contribution in [0.25, 0.3) is 11.1 Å². The molecule has 1 aliphatic rings. The molecule has 1 N–H and O–H groups in total. The van der Waals surface area contributed by atoms with Crippen LogP contribution in [-0.2, 0) is 13.1 Å². The van der Waals surface area contributed by atoms with Crippen LogP contribution in [0.2, 0.25) is 0 Å². The lowest BCUT2D eigenvalue weighted by molar-refractivity contribution is 0.0942. The van der Waals surface area contributed by atoms with E-state index in [4.69, 9.17) is 4.74 Å². The van der Waals surface area contributed by atoms with Crippen molar-refractivity contribution in [3.63, 3.8) is 0 Å². The molecule has 40 heavy (non-hydrogen) atoms. The van der Waals surface area contributed by atoms with E-state index in [2.05, 4.69) is 10.2 Å². The Labute approximate surface area is 236 Å². The van der Waals surface area contributed by atoms with E-state index in [1.165, 1.54) is 0 Å². The monoisotopic (exact) mass is 536 g/mol. The van der Waals surface area contributed by atoms with E-state index in [1.54, 1.807) is 7.11 Å². The van der Waals surface area contributed by atoms with E-state index in [-0.39, 0.29) is 11.8 Å². The number of aryl methyl sites for hydroxylation is 1. The van der Waals surface area contributed by atoms with Crippen molar-refractivity contribution in [3.8, 4) is 16.9 Å². The summed E-state index contributed by atoms with van der Waals surface area (Å²) >= 11 is 0. The maximum absolute atomic E-state index is 14.0. The Morgan fingerprint density at radius 1 is 0.925 bits per heavy atom. The molecule has 2 amide bonds. The van der Waals surface area contributed by atoms with Gasteiger partial charge in [-0.3, -0.25) is 9.59 Å². The number of nitrogens with zero attached hydrogens (tertiary/aromatic N) is 3. The Balaban J connectivity index is 1.43. The summed E-state index contributed by atoms with van der Waals surface area (Å²) < 4.78 is 7.59. The molecule has 3 aromatic carbocycles. The predicted molar refractivity (Wildman–Crippen MR) is 159 cm³/mol. The summed E-state index contributed by atoms with van der Waals surface area (Å²) in [4.78, 5) is 31.0. The highest BCUT2D eigenvalue weighted by Gasteiger charge is 2.27. The van der Waals surface area contributed by atoms with Gasteiger partial charge in [-0.15, -0.1) is 0 Å². The molecule has 206 valence electrons. The van der Waals surface area contributed by atoms with Crippen molar-refractivity contribution >= 4 is 17.5 Å². The molecule has 0 spiro atoms. The second kappa shape index (κ2) is 11.8. The Kier molecular flexibility index (Phi) is 8.03. The van der Waals surface area contributed by atoms with E-state index in [1.807, 2.05) is 109 Å². The fourth-order valence-electron chi connectivity index (χ4n) is 5.35. The molecule has 0 bridgehead atoms. The summed E-state index contributed by atoms with van der Waals surface area (Å²) in [6, 6.07) is 25.5. The minimum absolute atomic E-state index is 0.0773. The number of carbonyl (C=O) groups is 2. The number of para-hydroxylation sites is 2. The molecule has 1 aliphatic heterocycles. The van der Waals surface area contributed by atoms with Crippen molar-refractivity contribution in [2.24, 2.45) is 0 Å². The van der Waals surface area contributed by atoms with Crippen LogP contribution in [0, 0.1) is 6.92 Å². The van der Waals surface area contributed by atoms with Crippen LogP contribution in [-0.4, -0.2) is 55.6 Å². The molecule has 0 atom stereocenters. The number of amides is 2. The summed E-state index contributed by atoms with van der Waals surface area (Å²) in [6.07, 6.45) is 0.882. The average Bonchev–Trinajstić information content (AvgIpc) is 3.27. The van der Waals surface area contributed by atoms with Gasteiger partial charge in [0.1, 0.15) is 11.4 Å². The number of nitrogens with one attached hydrogen (secondary N) is 1. The Bertz CT molecular complexity index is 1540. The number of aromatic nitrogens is 1. The Morgan fingerprint density at radius 3 is 2.48 bits per heavy atom. The fourth-order valence-corrected chi connectivity index (χ4v) is 5.35. The van der Waals surface area contributed by atoms with Crippen LogP contribution in [0.15, 0.2) is 78.9 Å². The number of fused-ring (bicyclic) bond motifs is 2. The number of rotatable bonds is 8. The third-order valence-corrected chi connectivity index (χ3v) is 7.42. The molecule has 0 radical (unpaired) electrons. The molecule has 0 saturated carbocycles. The Morgan fingerprint density at radius 2 is 1.70 bits per heavy atom. The molecule has 4 aromatic rings. The van der Waals surface area contributed by atoms with Gasteiger partial charge in [0.2, 0.25) is 0 Å². The summed E-state index contributed by atoms with van der Waals surface area (Å²) in [6.45, 7) is 4.44. The van der Waals surface area contributed by atoms with Gasteiger partial charge in [-0.1, -0.05) is 42.5 Å². The third-order valence-electron chi connectivity index (χ3n) is 7.42. The van der Waals surface area contributed by atoms with E-state index in [0.29, 0.717) is 30.9 Å². The van der Waals surface area contributed by atoms with Crippen LogP contribution in [0.3, 0.4) is 0 Å². The number of ether oxygens (including phenoxy) is 1. The molecule has 7 nitrogen and oxygen atoms in total. The van der Waals surface area contributed by atoms with Gasteiger partial charge in [0.05, 0.1) is 20.2 Å². The van der Waals surface area contributed by atoms with Crippen LogP contribution >= 0.6 is 0 Å². The van der Waals surface area contributed by atoms with Crippen LogP contribution in [0.5, 0.6) is 5.75 Å². The first-order valence-corrected chi connectivity index (χ1v) is 13.6. The van der Waals surface area contributed by atoms with Gasteiger partial charge in [-0.2, -0.15) is 0 Å². The van der Waals surface area contributed by atoms with Gasteiger partial charge in [0.15, 0.2) is 0 Å². The lowest BCUT2D eigenvalue weighted by Gasteiger charge is -2.23. The third kappa shape index (κ3) is 5.51. The predicted octanol–water partition coefficient (Wildman–Crippen LogP) is 5.36. The van der Waals surface area contributed by atoms with Crippen LogP contribution in [0.4, 0.5) is 5.69 Å². The summed E-state index contributed by atoms with van der Waals surface area (Å²) in [7, 11) is 5.71. The van der Waals surface area contributed by atoms with Gasteiger partial charge < -0.3 is 24.4 Å². The molecule has 0 saturated heterocycles. The van der Waals surface area contributed by atoms with Crippen LogP contribution < -0.4 is 15.0 Å². The number of methoxy groups -OCH3 is 1. The summed E-state index contributed by atoms with van der Waals surface area (Å²) in [5.74, 6) is 0.626. The summed E-state index contributed by atoms with van der Waals surface area (Å²) in [5, 5.41) is 3.05. The maximum atomic E-state index is 14.0. The highest BCUT2D eigenvalue weighted by atomic mass is 16.5. The van der Waals surface area contributed by atoms with E-state index >= 15 is 0 Å². The highest BCUT2D eigenvalue weighted by Crippen LogP contribution is 2.34. The smallest absolute Gasteiger partial charge is 0.267 e. The Hall–Kier alpha value is -4.36. The van der Waals surface area contributed by atoms with E-state index < -0.39 is 0 Å². The van der Waals surface area contributed by atoms with Crippen molar-refractivity contribution in [2.45, 2.75) is 26.4 Å². The maximum Gasteiger partial charge on any atom is 0.267 e. The second-order valence-corrected chi connectivity index (χ2v) is 10.5. The van der Waals surface area contributed by atoms with Crippen molar-refractivity contribution in [3.05, 3.63) is 107 Å². The lowest BCUT2D eigenvalue weighted by Crippen LogP contribution is -2.31. The standard InChI is InChI=1S/C33H36N4O3/c1-23-20-24(14-16-27(23)28-11-6-8-13-31(28)40-4)33(39)37-22-26-15-17-30(32(38)34-18-9-19-35(2)3)36(26)21-25-10-5-7-12-29(25)37/h5-8,10-17,20H,9,18-19,21-22H2,1-4H3,(H,34,38). The first-order valence-electron chi connectivity index (χ1n) is 13.6. The van der Waals surface area contributed by atoms with Gasteiger partial charge in [0, 0.05) is 29.1 Å². The lowest BCUT2D eigenvalue weighted by atomic mass is 9.97. The molecule has 0 aliphatic carbocycles. The molecular formula is C33H36N4O3. The zero-order chi connectivity index (χ0) is 28.2. The zero-order valence-electron chi connectivity index (χ0n) is 23.6. The van der Waals surface area contributed by atoms with E-state index in [0.717, 1.165) is 52.4 Å². The molecule has 7 heteroatoms. The summed E-state index contributed by atoms with van der Waals surface area (Å²) in [5.41, 5.74) is 7.02. The number of hydrogen-bond donors (Lipinski definition) is 1. The zero-order valence-corrected chi connectivity index (χ0v) is 23.6. The molecule has 1 aromatic heterocycles. The van der Waals surface area contributed by atoms with Crippen molar-refractivity contribution in [1.82, 2.24) is 14.8 Å². The number of carbonyl (C=O) groups excluding carboxylic acids is 2. The second-order valence-electron chi connectivity index (χ2n) is 10.5. The fraction of sp³-hybridized carbons (Fsp3) is 0.273. The minimum atomic E-state index is -0.0928. The first kappa shape index (κ1) is 27.2. The number of hydrogen-bond acceptors (Lipinski definition) is 4. The highest BCUT2D eigenvalue weighted by molar-refractivity contribution is 6.07. The van der Waals surface area contributed by atoms with Gasteiger partial charge >= 0.3 is 0 Å². The van der Waals surface area contributed by atoms with Gasteiger partial charge in [-0.25, -0.2) is 0 Å². The quantitative estimate of drug-likeness (QED) is 0.308. The molecule has 2 heterocycles. The largest absolute Gasteiger partial charge is 0.496 e. The average molecular weight is 537 g/mol.